The molecule has 1 heterocycles. The van der Waals surface area contributed by atoms with E-state index in [9.17, 15) is 9.59 Å². The highest BCUT2D eigenvalue weighted by Gasteiger charge is 2.40. The molecule has 0 spiro atoms. The van der Waals surface area contributed by atoms with Crippen LogP contribution >= 0.6 is 11.8 Å². The van der Waals surface area contributed by atoms with Gasteiger partial charge in [0.1, 0.15) is 9.95 Å². The minimum atomic E-state index is -0.557. The zero-order chi connectivity index (χ0) is 17.9. The number of carbonyl (C=O) groups is 2. The molecule has 0 saturated heterocycles. The molecule has 0 bridgehead atoms. The summed E-state index contributed by atoms with van der Waals surface area (Å²) in [5, 5.41) is 0.684. The molecule has 128 valence electrons. The topological polar surface area (TPSA) is 65.0 Å². The number of esters is 2. The lowest BCUT2D eigenvalue weighted by molar-refractivity contribution is -0.139. The Morgan fingerprint density at radius 1 is 1.04 bits per heavy atom. The first-order valence-corrected chi connectivity index (χ1v) is 8.33. The monoisotopic (exact) mass is 347 g/mol. The van der Waals surface area contributed by atoms with Gasteiger partial charge in [-0.15, -0.1) is 0 Å². The van der Waals surface area contributed by atoms with E-state index in [0.29, 0.717) is 5.04 Å². The summed E-state index contributed by atoms with van der Waals surface area (Å²) in [5.41, 5.74) is 0.771. The molecule has 2 rings (SSSR count). The van der Waals surface area contributed by atoms with E-state index >= 15 is 0 Å². The summed E-state index contributed by atoms with van der Waals surface area (Å²) in [5.74, 6) is -1.11. The van der Waals surface area contributed by atoms with Crippen LogP contribution in [0.5, 0.6) is 0 Å². The molecule has 0 saturated carbocycles. The summed E-state index contributed by atoms with van der Waals surface area (Å²) in [6.45, 7) is 5.91. The van der Waals surface area contributed by atoms with Crippen LogP contribution in [0.25, 0.3) is 0 Å². The molecule has 5 nitrogen and oxygen atoms in total. The van der Waals surface area contributed by atoms with Gasteiger partial charge in [-0.25, -0.2) is 9.59 Å². The third-order valence-electron chi connectivity index (χ3n) is 3.58. The number of hydrogen-bond acceptors (Lipinski definition) is 6. The Bertz CT molecular complexity index is 701. The maximum atomic E-state index is 12.3. The molecule has 0 aromatic heterocycles. The fourth-order valence-corrected chi connectivity index (χ4v) is 3.46. The van der Waals surface area contributed by atoms with E-state index in [1.54, 1.807) is 0 Å². The molecule has 0 aliphatic carbocycles. The Labute approximate surface area is 146 Å². The van der Waals surface area contributed by atoms with Crippen LogP contribution in [0.2, 0.25) is 0 Å². The number of hydrogen-bond donors (Lipinski definition) is 0. The van der Waals surface area contributed by atoms with Crippen molar-refractivity contribution >= 4 is 28.7 Å². The predicted octanol–water partition coefficient (Wildman–Crippen LogP) is 3.19. The van der Waals surface area contributed by atoms with E-state index < -0.39 is 18.0 Å². The molecule has 1 aliphatic rings. The van der Waals surface area contributed by atoms with Crippen LogP contribution in [0.4, 0.5) is 0 Å². The van der Waals surface area contributed by atoms with Crippen molar-refractivity contribution in [3.63, 3.8) is 0 Å². The first-order chi connectivity index (χ1) is 11.3. The van der Waals surface area contributed by atoms with Gasteiger partial charge in [0.25, 0.3) is 0 Å². The summed E-state index contributed by atoms with van der Waals surface area (Å²) in [7, 11) is 2.59. The van der Waals surface area contributed by atoms with E-state index in [-0.39, 0.29) is 15.9 Å². The smallest absolute Gasteiger partial charge is 0.345 e. The van der Waals surface area contributed by atoms with Crippen LogP contribution in [0, 0.1) is 5.41 Å². The minimum Gasteiger partial charge on any atom is -0.466 e. The van der Waals surface area contributed by atoms with Crippen LogP contribution < -0.4 is 0 Å². The number of aliphatic imine (C=N–C) groups is 1. The van der Waals surface area contributed by atoms with Gasteiger partial charge in [0, 0.05) is 5.56 Å². The van der Waals surface area contributed by atoms with Crippen LogP contribution in [0.3, 0.4) is 0 Å². The molecular formula is C18H21NO4S. The molecule has 0 amide bonds. The molecule has 0 radical (unpaired) electrons. The zero-order valence-corrected chi connectivity index (χ0v) is 15.3. The molecular weight excluding hydrogens is 326 g/mol. The average Bonchev–Trinajstić information content (AvgIpc) is 2.59. The number of thioether (sulfide) groups is 1. The maximum absolute atomic E-state index is 12.3. The van der Waals surface area contributed by atoms with Crippen LogP contribution in [0.15, 0.2) is 45.8 Å². The summed E-state index contributed by atoms with van der Waals surface area (Å²) < 4.78 is 9.77. The number of methoxy groups -OCH3 is 2. The predicted molar refractivity (Wildman–Crippen MR) is 94.9 cm³/mol. The molecule has 0 fully saturated rings. The van der Waals surface area contributed by atoms with E-state index in [4.69, 9.17) is 14.5 Å². The SMILES string of the molecule is COC(=O)C1=C(C(=O)OC)C(C(C)(C)C)N=C(c2ccccc2)S1. The van der Waals surface area contributed by atoms with Crippen molar-refractivity contribution in [2.75, 3.05) is 14.2 Å². The Morgan fingerprint density at radius 2 is 1.62 bits per heavy atom. The van der Waals surface area contributed by atoms with Crippen molar-refractivity contribution in [2.45, 2.75) is 26.8 Å². The highest BCUT2D eigenvalue weighted by atomic mass is 32.2. The third-order valence-corrected chi connectivity index (χ3v) is 4.71. The van der Waals surface area contributed by atoms with Crippen molar-refractivity contribution in [1.82, 2.24) is 0 Å². The maximum Gasteiger partial charge on any atom is 0.345 e. The second-order valence-electron chi connectivity index (χ2n) is 6.40. The molecule has 24 heavy (non-hydrogen) atoms. The van der Waals surface area contributed by atoms with Crippen molar-refractivity contribution < 1.29 is 19.1 Å². The second kappa shape index (κ2) is 7.21. The van der Waals surface area contributed by atoms with Crippen LogP contribution in [-0.4, -0.2) is 37.2 Å². The van der Waals surface area contributed by atoms with Gasteiger partial charge in [-0.1, -0.05) is 62.9 Å². The number of nitrogens with zero attached hydrogens (tertiary/aromatic N) is 1. The lowest BCUT2D eigenvalue weighted by Crippen LogP contribution is -2.35. The van der Waals surface area contributed by atoms with Gasteiger partial charge in [0.2, 0.25) is 0 Å². The number of ether oxygens (including phenoxy) is 2. The van der Waals surface area contributed by atoms with Gasteiger partial charge in [-0.05, 0) is 5.41 Å². The summed E-state index contributed by atoms with van der Waals surface area (Å²) in [6.07, 6.45) is 0. The van der Waals surface area contributed by atoms with E-state index in [0.717, 1.165) is 17.3 Å². The Morgan fingerprint density at radius 3 is 2.12 bits per heavy atom. The van der Waals surface area contributed by atoms with Crippen LogP contribution in [-0.2, 0) is 19.1 Å². The lowest BCUT2D eigenvalue weighted by atomic mass is 9.82. The van der Waals surface area contributed by atoms with E-state index in [1.807, 2.05) is 51.1 Å². The van der Waals surface area contributed by atoms with Gasteiger partial charge in [-0.3, -0.25) is 4.99 Å². The van der Waals surface area contributed by atoms with Gasteiger partial charge < -0.3 is 9.47 Å². The number of rotatable bonds is 3. The van der Waals surface area contributed by atoms with Gasteiger partial charge in [0.15, 0.2) is 0 Å². The molecule has 1 aromatic carbocycles. The quantitative estimate of drug-likeness (QED) is 0.786. The highest BCUT2D eigenvalue weighted by Crippen LogP contribution is 2.40. The molecule has 1 atom stereocenters. The standard InChI is InChI=1S/C18H21NO4S/c1-18(2,3)14-12(16(20)22-4)13(17(21)23-5)24-15(19-14)11-9-7-6-8-10-11/h6-10,14H,1-5H3. The Kier molecular flexibility index (Phi) is 5.49. The first-order valence-electron chi connectivity index (χ1n) is 7.51. The van der Waals surface area contributed by atoms with Gasteiger partial charge >= 0.3 is 11.9 Å². The molecule has 1 aliphatic heterocycles. The van der Waals surface area contributed by atoms with Crippen LogP contribution in [0.1, 0.15) is 26.3 Å². The van der Waals surface area contributed by atoms with Crippen molar-refractivity contribution in [3.05, 3.63) is 46.4 Å². The fourth-order valence-electron chi connectivity index (χ4n) is 2.38. The fraction of sp³-hybridized carbons (Fsp3) is 0.389. The molecule has 6 heteroatoms. The van der Waals surface area contributed by atoms with Crippen molar-refractivity contribution in [3.8, 4) is 0 Å². The Balaban J connectivity index is 2.62. The molecule has 1 aromatic rings. The lowest BCUT2D eigenvalue weighted by Gasteiger charge is -2.33. The summed E-state index contributed by atoms with van der Waals surface area (Å²) in [4.78, 5) is 29.6. The highest BCUT2D eigenvalue weighted by molar-refractivity contribution is 8.18. The summed E-state index contributed by atoms with van der Waals surface area (Å²) in [6, 6.07) is 9.06. The van der Waals surface area contributed by atoms with Crippen molar-refractivity contribution in [2.24, 2.45) is 10.4 Å². The van der Waals surface area contributed by atoms with E-state index in [1.165, 1.54) is 14.2 Å². The average molecular weight is 347 g/mol. The van der Waals surface area contributed by atoms with E-state index in [2.05, 4.69) is 0 Å². The molecule has 1 unspecified atom stereocenters. The number of benzene rings is 1. The largest absolute Gasteiger partial charge is 0.466 e. The Hall–Kier alpha value is -2.08. The first kappa shape index (κ1) is 18.3. The molecule has 0 N–H and O–H groups in total. The second-order valence-corrected chi connectivity index (χ2v) is 7.40. The summed E-state index contributed by atoms with van der Waals surface area (Å²) >= 11 is 1.14. The van der Waals surface area contributed by atoms with Gasteiger partial charge in [0.05, 0.1) is 25.8 Å². The number of carbonyl (C=O) groups excluding carboxylic acids is 2. The van der Waals surface area contributed by atoms with Crippen molar-refractivity contribution in [1.29, 1.82) is 0 Å². The normalized spacial score (nSPS) is 18.0. The minimum absolute atomic E-state index is 0.234. The third kappa shape index (κ3) is 3.70. The zero-order valence-electron chi connectivity index (χ0n) is 14.5. The van der Waals surface area contributed by atoms with Gasteiger partial charge in [-0.2, -0.15) is 0 Å².